The molecule has 0 aromatic heterocycles. The number of hydrogen-bond acceptors (Lipinski definition) is 3. The summed E-state index contributed by atoms with van der Waals surface area (Å²) in [5.41, 5.74) is 0. The van der Waals surface area contributed by atoms with Crippen LogP contribution in [0.25, 0.3) is 0 Å². The van der Waals surface area contributed by atoms with Crippen LogP contribution in [-0.2, 0) is 10.0 Å². The highest BCUT2D eigenvalue weighted by molar-refractivity contribution is 7.91. The molecule has 13 heavy (non-hydrogen) atoms. The third kappa shape index (κ3) is 2.60. The monoisotopic (exact) mass is 233 g/mol. The largest absolute Gasteiger partial charge is 0.290 e. The van der Waals surface area contributed by atoms with E-state index < -0.39 is 10.0 Å². The van der Waals surface area contributed by atoms with Gasteiger partial charge in [-0.1, -0.05) is 11.6 Å². The molecule has 0 aliphatic heterocycles. The number of benzene rings is 1. The topological polar surface area (TPSA) is 46.5 Å². The summed E-state index contributed by atoms with van der Waals surface area (Å²) < 4.78 is 25.5. The highest BCUT2D eigenvalue weighted by atomic mass is 35.5. The Hall–Kier alpha value is -0.740. The number of thiocarbonyl (C=S) groups is 1. The Balaban J connectivity index is 3.24. The molecule has 0 fully saturated rings. The van der Waals surface area contributed by atoms with Gasteiger partial charge in [0, 0.05) is 5.02 Å². The molecule has 0 bridgehead atoms. The lowest BCUT2D eigenvalue weighted by molar-refractivity contribution is 0.598. The van der Waals surface area contributed by atoms with Crippen LogP contribution in [-0.4, -0.2) is 13.6 Å². The summed E-state index contributed by atoms with van der Waals surface area (Å²) >= 11 is 9.78. The van der Waals surface area contributed by atoms with Crippen molar-refractivity contribution in [1.29, 1.82) is 0 Å². The minimum absolute atomic E-state index is 0.0502. The lowest BCUT2D eigenvalue weighted by atomic mass is 10.4. The van der Waals surface area contributed by atoms with Crippen LogP contribution in [0, 0.1) is 0 Å². The van der Waals surface area contributed by atoms with Crippen molar-refractivity contribution in [2.24, 2.45) is 4.40 Å². The summed E-state index contributed by atoms with van der Waals surface area (Å²) in [6.45, 7) is 0. The van der Waals surface area contributed by atoms with Crippen molar-refractivity contribution >= 4 is 39.0 Å². The first kappa shape index (κ1) is 10.3. The fourth-order valence-corrected chi connectivity index (χ4v) is 1.81. The first-order valence-electron chi connectivity index (χ1n) is 3.16. The van der Waals surface area contributed by atoms with Crippen molar-refractivity contribution < 1.29 is 8.42 Å². The van der Waals surface area contributed by atoms with Crippen molar-refractivity contribution in [2.75, 3.05) is 0 Å². The average Bonchev–Trinajstić information content (AvgIpc) is 2.05. The Bertz CT molecular complexity index is 446. The zero-order valence-corrected chi connectivity index (χ0v) is 8.66. The van der Waals surface area contributed by atoms with Gasteiger partial charge < -0.3 is 0 Å². The maximum Gasteiger partial charge on any atom is 0.290 e. The van der Waals surface area contributed by atoms with E-state index in [0.29, 0.717) is 5.02 Å². The standard InChI is InChI=1S/C7H4ClNO2S2/c8-6-1-3-7(4-2-6)13(10,11)9-5-12/h1-4H. The van der Waals surface area contributed by atoms with Crippen LogP contribution in [0.1, 0.15) is 0 Å². The number of halogens is 1. The summed E-state index contributed by atoms with van der Waals surface area (Å²) in [5, 5.41) is 2.27. The Labute approximate surface area is 86.1 Å². The molecule has 0 radical (unpaired) electrons. The second-order valence-electron chi connectivity index (χ2n) is 2.11. The average molecular weight is 234 g/mol. The molecule has 0 heterocycles. The molecule has 0 aliphatic rings. The molecular formula is C7H4ClNO2S2. The molecule has 0 atom stereocenters. The lowest BCUT2D eigenvalue weighted by Gasteiger charge is -1.95. The molecule has 0 amide bonds. The van der Waals surface area contributed by atoms with Crippen LogP contribution in [0.2, 0.25) is 5.02 Å². The molecule has 0 saturated heterocycles. The fraction of sp³-hybridized carbons (Fsp3) is 0. The van der Waals surface area contributed by atoms with Crippen LogP contribution in [0.4, 0.5) is 0 Å². The zero-order valence-electron chi connectivity index (χ0n) is 6.27. The highest BCUT2D eigenvalue weighted by Gasteiger charge is 2.10. The van der Waals surface area contributed by atoms with E-state index >= 15 is 0 Å². The van der Waals surface area contributed by atoms with E-state index in [1.54, 1.807) is 0 Å². The quantitative estimate of drug-likeness (QED) is 0.581. The maximum atomic E-state index is 11.2. The summed E-state index contributed by atoms with van der Waals surface area (Å²) in [5.74, 6) is 0. The molecule has 0 unspecified atom stereocenters. The zero-order chi connectivity index (χ0) is 9.90. The van der Waals surface area contributed by atoms with E-state index in [1.807, 2.05) is 5.16 Å². The predicted molar refractivity (Wildman–Crippen MR) is 53.7 cm³/mol. The van der Waals surface area contributed by atoms with Crippen LogP contribution >= 0.6 is 23.8 Å². The number of nitrogens with zero attached hydrogens (tertiary/aromatic N) is 1. The normalized spacial score (nSPS) is 10.5. The molecule has 68 valence electrons. The molecule has 0 saturated carbocycles. The number of rotatable bonds is 2. The highest BCUT2D eigenvalue weighted by Crippen LogP contribution is 2.15. The van der Waals surface area contributed by atoms with Gasteiger partial charge in [-0.25, -0.2) is 0 Å². The van der Waals surface area contributed by atoms with Gasteiger partial charge >= 0.3 is 0 Å². The number of isothiocyanates is 1. The van der Waals surface area contributed by atoms with Crippen molar-refractivity contribution in [3.8, 4) is 0 Å². The second kappa shape index (κ2) is 3.98. The number of sulfonamides is 1. The number of hydrogen-bond donors (Lipinski definition) is 0. The van der Waals surface area contributed by atoms with E-state index in [-0.39, 0.29) is 4.90 Å². The van der Waals surface area contributed by atoms with Crippen LogP contribution in [0.3, 0.4) is 0 Å². The van der Waals surface area contributed by atoms with Gasteiger partial charge in [-0.3, -0.25) is 0 Å². The third-order valence-corrected chi connectivity index (χ3v) is 2.93. The predicted octanol–water partition coefficient (Wildman–Crippen LogP) is 2.13. The molecule has 1 aromatic carbocycles. The minimum atomic E-state index is -3.68. The third-order valence-electron chi connectivity index (χ3n) is 1.27. The van der Waals surface area contributed by atoms with E-state index in [9.17, 15) is 8.42 Å². The second-order valence-corrected chi connectivity index (χ2v) is 4.33. The van der Waals surface area contributed by atoms with Crippen LogP contribution in [0.5, 0.6) is 0 Å². The first-order valence-corrected chi connectivity index (χ1v) is 5.38. The Kier molecular flexibility index (Phi) is 3.17. The van der Waals surface area contributed by atoms with Gasteiger partial charge in [0.25, 0.3) is 10.0 Å². The fourth-order valence-electron chi connectivity index (χ4n) is 0.708. The van der Waals surface area contributed by atoms with E-state index in [2.05, 4.69) is 16.6 Å². The first-order chi connectivity index (χ1) is 6.06. The van der Waals surface area contributed by atoms with Crippen LogP contribution in [0.15, 0.2) is 33.6 Å². The van der Waals surface area contributed by atoms with Crippen LogP contribution < -0.4 is 0 Å². The summed E-state index contributed by atoms with van der Waals surface area (Å²) in [6, 6.07) is 5.64. The molecule has 0 aliphatic carbocycles. The molecule has 0 spiro atoms. The van der Waals surface area contributed by atoms with Gasteiger partial charge in [-0.15, -0.1) is 4.40 Å². The van der Waals surface area contributed by atoms with E-state index in [0.717, 1.165) is 0 Å². The SMILES string of the molecule is O=S(=O)(N=C=S)c1ccc(Cl)cc1. The maximum absolute atomic E-state index is 11.2. The van der Waals surface area contributed by atoms with Crippen molar-refractivity contribution in [1.82, 2.24) is 0 Å². The molecule has 3 nitrogen and oxygen atoms in total. The van der Waals surface area contributed by atoms with Gasteiger partial charge in [0.05, 0.1) is 10.1 Å². The van der Waals surface area contributed by atoms with E-state index in [1.165, 1.54) is 24.3 Å². The minimum Gasteiger partial charge on any atom is -0.199 e. The Morgan fingerprint density at radius 1 is 1.31 bits per heavy atom. The van der Waals surface area contributed by atoms with Gasteiger partial charge in [0.15, 0.2) is 0 Å². The van der Waals surface area contributed by atoms with E-state index in [4.69, 9.17) is 11.6 Å². The van der Waals surface area contributed by atoms with Gasteiger partial charge in [-0.2, -0.15) is 8.42 Å². The van der Waals surface area contributed by atoms with Crippen molar-refractivity contribution in [3.63, 3.8) is 0 Å². The Morgan fingerprint density at radius 2 is 1.85 bits per heavy atom. The Morgan fingerprint density at radius 3 is 2.31 bits per heavy atom. The summed E-state index contributed by atoms with van der Waals surface area (Å²) in [7, 11) is -3.68. The molecule has 6 heteroatoms. The van der Waals surface area contributed by atoms with Crippen molar-refractivity contribution in [2.45, 2.75) is 4.90 Å². The smallest absolute Gasteiger partial charge is 0.199 e. The molecule has 1 aromatic rings. The van der Waals surface area contributed by atoms with Crippen molar-refractivity contribution in [3.05, 3.63) is 29.3 Å². The lowest BCUT2D eigenvalue weighted by Crippen LogP contribution is -1.94. The summed E-state index contributed by atoms with van der Waals surface area (Å²) in [4.78, 5) is 0.0502. The van der Waals surface area contributed by atoms with Gasteiger partial charge in [0.1, 0.15) is 0 Å². The molecular weight excluding hydrogens is 230 g/mol. The van der Waals surface area contributed by atoms with Gasteiger partial charge in [0.2, 0.25) is 0 Å². The summed E-state index contributed by atoms with van der Waals surface area (Å²) in [6.07, 6.45) is 0. The molecule has 1 rings (SSSR count). The molecule has 0 N–H and O–H groups in total. The van der Waals surface area contributed by atoms with Gasteiger partial charge in [-0.05, 0) is 36.5 Å².